The minimum atomic E-state index is -0.538. The monoisotopic (exact) mass is 430 g/mol. The van der Waals surface area contributed by atoms with Gasteiger partial charge < -0.3 is 15.0 Å². The van der Waals surface area contributed by atoms with Crippen LogP contribution in [0.5, 0.6) is 5.75 Å². The van der Waals surface area contributed by atoms with E-state index in [0.717, 1.165) is 12.0 Å². The lowest BCUT2D eigenvalue weighted by Crippen LogP contribution is -2.52. The summed E-state index contributed by atoms with van der Waals surface area (Å²) in [7, 11) is 0. The van der Waals surface area contributed by atoms with E-state index in [0.29, 0.717) is 30.2 Å². The molecule has 1 N–H and O–H groups in total. The lowest BCUT2D eigenvalue weighted by atomic mass is 10.1. The van der Waals surface area contributed by atoms with Gasteiger partial charge >= 0.3 is 0 Å². The molecule has 2 aromatic carbocycles. The second-order valence-electron chi connectivity index (χ2n) is 7.31. The van der Waals surface area contributed by atoms with Gasteiger partial charge in [0.05, 0.1) is 0 Å². The molecule has 0 aliphatic rings. The maximum Gasteiger partial charge on any atom is 0.261 e. The summed E-state index contributed by atoms with van der Waals surface area (Å²) in [5, 5.41) is 3.61. The first-order chi connectivity index (χ1) is 14.4. The van der Waals surface area contributed by atoms with Crippen molar-refractivity contribution in [1.29, 1.82) is 0 Å². The van der Waals surface area contributed by atoms with E-state index in [1.54, 1.807) is 29.2 Å². The zero-order valence-corrected chi connectivity index (χ0v) is 18.7. The van der Waals surface area contributed by atoms with Crippen molar-refractivity contribution in [2.45, 2.75) is 52.1 Å². The quantitative estimate of drug-likeness (QED) is 0.571. The van der Waals surface area contributed by atoms with Crippen LogP contribution in [0.2, 0.25) is 5.02 Å². The van der Waals surface area contributed by atoms with Crippen LogP contribution < -0.4 is 10.1 Å². The fourth-order valence-electron chi connectivity index (χ4n) is 3.10. The number of carbonyl (C=O) groups is 2. The van der Waals surface area contributed by atoms with Crippen LogP contribution in [0.25, 0.3) is 0 Å². The number of hydrogen-bond donors (Lipinski definition) is 1. The molecular formula is C24H31ClN2O3. The Bertz CT molecular complexity index is 796. The van der Waals surface area contributed by atoms with Crippen molar-refractivity contribution in [3.05, 3.63) is 65.2 Å². The molecule has 2 rings (SSSR count). The van der Waals surface area contributed by atoms with Gasteiger partial charge in [-0.05, 0) is 56.0 Å². The second kappa shape index (κ2) is 12.2. The SMILES string of the molecule is CCC(C)NC(=O)C(CC)N(CCc1ccccc1)C(=O)COc1ccc(Cl)cc1. The number of carbonyl (C=O) groups excluding carboxylic acids is 2. The molecule has 162 valence electrons. The van der Waals surface area contributed by atoms with Crippen molar-refractivity contribution in [3.63, 3.8) is 0 Å². The third kappa shape index (κ3) is 7.38. The highest BCUT2D eigenvalue weighted by Crippen LogP contribution is 2.16. The van der Waals surface area contributed by atoms with Crippen LogP contribution in [0, 0.1) is 0 Å². The first kappa shape index (κ1) is 23.7. The fraction of sp³-hybridized carbons (Fsp3) is 0.417. The highest BCUT2D eigenvalue weighted by molar-refractivity contribution is 6.30. The van der Waals surface area contributed by atoms with Crippen LogP contribution in [0.3, 0.4) is 0 Å². The summed E-state index contributed by atoms with van der Waals surface area (Å²) in [5.41, 5.74) is 1.12. The Morgan fingerprint density at radius 3 is 2.30 bits per heavy atom. The molecule has 0 aliphatic carbocycles. The number of hydrogen-bond acceptors (Lipinski definition) is 3. The molecule has 5 nitrogen and oxygen atoms in total. The predicted octanol–water partition coefficient (Wildman–Crippen LogP) is 4.48. The van der Waals surface area contributed by atoms with Crippen LogP contribution in [-0.4, -0.2) is 41.9 Å². The average molecular weight is 431 g/mol. The highest BCUT2D eigenvalue weighted by atomic mass is 35.5. The van der Waals surface area contributed by atoms with Gasteiger partial charge in [0.25, 0.3) is 5.91 Å². The molecule has 2 unspecified atom stereocenters. The largest absolute Gasteiger partial charge is 0.484 e. The summed E-state index contributed by atoms with van der Waals surface area (Å²) in [6.45, 7) is 6.21. The molecule has 0 aliphatic heterocycles. The van der Waals surface area contributed by atoms with E-state index in [1.165, 1.54) is 0 Å². The summed E-state index contributed by atoms with van der Waals surface area (Å²) in [6, 6.07) is 16.3. The van der Waals surface area contributed by atoms with E-state index in [-0.39, 0.29) is 24.5 Å². The molecule has 0 fully saturated rings. The minimum absolute atomic E-state index is 0.0583. The molecule has 0 bridgehead atoms. The average Bonchev–Trinajstić information content (AvgIpc) is 2.76. The first-order valence-corrected chi connectivity index (χ1v) is 10.8. The highest BCUT2D eigenvalue weighted by Gasteiger charge is 2.29. The standard InChI is InChI=1S/C24H31ClN2O3/c1-4-18(3)26-24(29)22(5-2)27(16-15-19-9-7-6-8-10-19)23(28)17-30-21-13-11-20(25)12-14-21/h6-14,18,22H,4-5,15-17H2,1-3H3,(H,26,29). The van der Waals surface area contributed by atoms with Gasteiger partial charge in [0.1, 0.15) is 11.8 Å². The van der Waals surface area contributed by atoms with E-state index in [9.17, 15) is 9.59 Å². The lowest BCUT2D eigenvalue weighted by molar-refractivity contribution is -0.142. The van der Waals surface area contributed by atoms with E-state index >= 15 is 0 Å². The number of nitrogens with one attached hydrogen (secondary N) is 1. The molecule has 2 amide bonds. The Morgan fingerprint density at radius 1 is 1.03 bits per heavy atom. The number of benzene rings is 2. The lowest BCUT2D eigenvalue weighted by Gasteiger charge is -2.31. The van der Waals surface area contributed by atoms with Gasteiger partial charge in [-0.25, -0.2) is 0 Å². The van der Waals surface area contributed by atoms with Gasteiger partial charge in [-0.1, -0.05) is 55.8 Å². The molecule has 0 heterocycles. The molecule has 30 heavy (non-hydrogen) atoms. The van der Waals surface area contributed by atoms with E-state index < -0.39 is 6.04 Å². The van der Waals surface area contributed by atoms with Gasteiger partial charge in [-0.15, -0.1) is 0 Å². The van der Waals surface area contributed by atoms with Gasteiger partial charge in [-0.3, -0.25) is 9.59 Å². The molecule has 0 saturated heterocycles. The van der Waals surface area contributed by atoms with Crippen molar-refractivity contribution in [2.75, 3.05) is 13.2 Å². The van der Waals surface area contributed by atoms with Crippen LogP contribution in [-0.2, 0) is 16.0 Å². The van der Waals surface area contributed by atoms with Crippen molar-refractivity contribution < 1.29 is 14.3 Å². The molecule has 2 atom stereocenters. The second-order valence-corrected chi connectivity index (χ2v) is 7.74. The molecule has 0 aromatic heterocycles. The molecule has 0 radical (unpaired) electrons. The van der Waals surface area contributed by atoms with Crippen LogP contribution in [0.4, 0.5) is 0 Å². The zero-order chi connectivity index (χ0) is 21.9. The third-order valence-electron chi connectivity index (χ3n) is 5.05. The van der Waals surface area contributed by atoms with Crippen molar-refractivity contribution in [2.24, 2.45) is 0 Å². The number of halogens is 1. The fourth-order valence-corrected chi connectivity index (χ4v) is 3.22. The molecule has 2 aromatic rings. The number of rotatable bonds is 11. The van der Waals surface area contributed by atoms with E-state index in [2.05, 4.69) is 5.32 Å². The van der Waals surface area contributed by atoms with Crippen molar-refractivity contribution in [1.82, 2.24) is 10.2 Å². The first-order valence-electron chi connectivity index (χ1n) is 10.5. The van der Waals surface area contributed by atoms with Crippen molar-refractivity contribution in [3.8, 4) is 5.75 Å². The van der Waals surface area contributed by atoms with Gasteiger partial charge in [-0.2, -0.15) is 0 Å². The maximum absolute atomic E-state index is 13.1. The Kier molecular flexibility index (Phi) is 9.68. The predicted molar refractivity (Wildman–Crippen MR) is 121 cm³/mol. The summed E-state index contributed by atoms with van der Waals surface area (Å²) in [5.74, 6) is 0.222. The molecular weight excluding hydrogens is 400 g/mol. The van der Waals surface area contributed by atoms with Gasteiger partial charge in [0.15, 0.2) is 6.61 Å². The third-order valence-corrected chi connectivity index (χ3v) is 5.30. The summed E-state index contributed by atoms with van der Waals surface area (Å²) in [4.78, 5) is 27.6. The summed E-state index contributed by atoms with van der Waals surface area (Å²) >= 11 is 5.90. The summed E-state index contributed by atoms with van der Waals surface area (Å²) < 4.78 is 5.65. The van der Waals surface area contributed by atoms with Gasteiger partial charge in [0, 0.05) is 17.6 Å². The van der Waals surface area contributed by atoms with E-state index in [1.807, 2.05) is 51.1 Å². The van der Waals surface area contributed by atoms with Crippen molar-refractivity contribution >= 4 is 23.4 Å². The Balaban J connectivity index is 2.11. The van der Waals surface area contributed by atoms with E-state index in [4.69, 9.17) is 16.3 Å². The topological polar surface area (TPSA) is 58.6 Å². The maximum atomic E-state index is 13.1. The molecule has 0 spiro atoms. The Labute approximate surface area is 184 Å². The Morgan fingerprint density at radius 2 is 1.70 bits per heavy atom. The number of nitrogens with zero attached hydrogens (tertiary/aromatic N) is 1. The minimum Gasteiger partial charge on any atom is -0.484 e. The molecule has 6 heteroatoms. The zero-order valence-electron chi connectivity index (χ0n) is 17.9. The van der Waals surface area contributed by atoms with Crippen LogP contribution in [0.15, 0.2) is 54.6 Å². The molecule has 0 saturated carbocycles. The van der Waals surface area contributed by atoms with Gasteiger partial charge in [0.2, 0.25) is 5.91 Å². The Hall–Kier alpha value is -2.53. The van der Waals surface area contributed by atoms with Crippen LogP contribution in [0.1, 0.15) is 39.2 Å². The smallest absolute Gasteiger partial charge is 0.261 e. The summed E-state index contributed by atoms with van der Waals surface area (Å²) in [6.07, 6.45) is 2.03. The van der Waals surface area contributed by atoms with Crippen LogP contribution >= 0.6 is 11.6 Å². The normalized spacial score (nSPS) is 12.7. The number of amides is 2. The number of ether oxygens (including phenoxy) is 1.